The Balaban J connectivity index is 1.89. The highest BCUT2D eigenvalue weighted by atomic mass is 14.0. The molecule has 1 aromatic rings. The van der Waals surface area contributed by atoms with E-state index >= 15 is 0 Å². The van der Waals surface area contributed by atoms with Crippen molar-refractivity contribution in [1.82, 2.24) is 0 Å². The fraction of sp³-hybridized carbons (Fsp3) is 0.750. The van der Waals surface area contributed by atoms with Crippen LogP contribution >= 0.6 is 0 Å². The molecule has 0 heteroatoms. The molecule has 0 spiro atoms. The third kappa shape index (κ3) is 10.2. The third-order valence-electron chi connectivity index (χ3n) is 5.36. The lowest BCUT2D eigenvalue weighted by Crippen LogP contribution is -1.91. The van der Waals surface area contributed by atoms with E-state index in [1.807, 2.05) is 0 Å². The van der Waals surface area contributed by atoms with Crippen molar-refractivity contribution in [2.45, 2.75) is 117 Å². The summed E-state index contributed by atoms with van der Waals surface area (Å²) in [4.78, 5) is 0. The van der Waals surface area contributed by atoms with Crippen molar-refractivity contribution < 1.29 is 0 Å². The topological polar surface area (TPSA) is 0 Å². The number of unbranched alkanes of at least 4 members (excludes halogenated alkanes) is 12. The summed E-state index contributed by atoms with van der Waals surface area (Å²) < 4.78 is 0. The average Bonchev–Trinajstić information content (AvgIpc) is 2.59. The zero-order valence-electron chi connectivity index (χ0n) is 16.8. The lowest BCUT2D eigenvalue weighted by Gasteiger charge is -2.07. The molecule has 0 N–H and O–H groups in total. The van der Waals surface area contributed by atoms with Crippen LogP contribution in [0.2, 0.25) is 0 Å². The lowest BCUT2D eigenvalue weighted by atomic mass is 9.99. The molecule has 0 saturated carbocycles. The Labute approximate surface area is 152 Å². The van der Waals surface area contributed by atoms with Crippen LogP contribution in [0.1, 0.15) is 114 Å². The van der Waals surface area contributed by atoms with Crippen LogP contribution in [0.25, 0.3) is 0 Å². The van der Waals surface area contributed by atoms with Gasteiger partial charge >= 0.3 is 0 Å². The maximum absolute atomic E-state index is 2.40. The van der Waals surface area contributed by atoms with Crippen LogP contribution in [0.5, 0.6) is 0 Å². The monoisotopic (exact) mass is 330 g/mol. The maximum atomic E-state index is 2.40. The fourth-order valence-corrected chi connectivity index (χ4v) is 3.66. The van der Waals surface area contributed by atoms with E-state index in [2.05, 4.69) is 39.0 Å². The zero-order chi connectivity index (χ0) is 17.5. The van der Waals surface area contributed by atoms with Gasteiger partial charge in [0.1, 0.15) is 0 Å². The first-order chi connectivity index (χ1) is 11.8. The summed E-state index contributed by atoms with van der Waals surface area (Å²) in [7, 11) is 0. The molecule has 0 aliphatic rings. The van der Waals surface area contributed by atoms with E-state index in [1.165, 1.54) is 107 Å². The van der Waals surface area contributed by atoms with Crippen molar-refractivity contribution in [3.63, 3.8) is 0 Å². The molecular formula is C24H42. The Hall–Kier alpha value is -0.780. The second-order valence-corrected chi connectivity index (χ2v) is 7.61. The summed E-state index contributed by atoms with van der Waals surface area (Å²) >= 11 is 0. The molecule has 1 aromatic carbocycles. The largest absolute Gasteiger partial charge is 0.0654 e. The Morgan fingerprint density at radius 1 is 0.625 bits per heavy atom. The number of benzene rings is 1. The fourth-order valence-electron chi connectivity index (χ4n) is 3.66. The summed E-state index contributed by atoms with van der Waals surface area (Å²) in [5, 5.41) is 0. The lowest BCUT2D eigenvalue weighted by molar-refractivity contribution is 0.539. The van der Waals surface area contributed by atoms with E-state index in [-0.39, 0.29) is 0 Å². The molecule has 0 radical (unpaired) electrons. The minimum atomic E-state index is 1.16. The molecule has 0 bridgehead atoms. The quantitative estimate of drug-likeness (QED) is 0.284. The third-order valence-corrected chi connectivity index (χ3v) is 5.36. The van der Waals surface area contributed by atoms with Crippen LogP contribution in [0.15, 0.2) is 18.2 Å². The normalized spacial score (nSPS) is 11.1. The summed E-state index contributed by atoms with van der Waals surface area (Å²) in [5.74, 6) is 0. The summed E-state index contributed by atoms with van der Waals surface area (Å²) in [6.07, 6.45) is 21.1. The predicted molar refractivity (Wildman–Crippen MR) is 110 cm³/mol. The Bertz CT molecular complexity index is 404. The number of hydrogen-bond acceptors (Lipinski definition) is 0. The van der Waals surface area contributed by atoms with E-state index in [0.29, 0.717) is 0 Å². The highest BCUT2D eigenvalue weighted by Gasteiger charge is 1.99. The van der Waals surface area contributed by atoms with Crippen LogP contribution in [0.3, 0.4) is 0 Å². The predicted octanol–water partition coefficient (Wildman–Crippen LogP) is 8.19. The van der Waals surface area contributed by atoms with E-state index in [0.717, 1.165) is 6.42 Å². The molecular weight excluding hydrogens is 288 g/mol. The van der Waals surface area contributed by atoms with Gasteiger partial charge in [0.05, 0.1) is 0 Å². The molecule has 1 rings (SSSR count). The van der Waals surface area contributed by atoms with Crippen molar-refractivity contribution in [2.75, 3.05) is 0 Å². The average molecular weight is 331 g/mol. The van der Waals surface area contributed by atoms with Gasteiger partial charge in [-0.05, 0) is 42.9 Å². The minimum Gasteiger partial charge on any atom is -0.0654 e. The molecule has 0 heterocycles. The first-order valence-corrected chi connectivity index (χ1v) is 10.9. The van der Waals surface area contributed by atoms with Gasteiger partial charge in [0.25, 0.3) is 0 Å². The summed E-state index contributed by atoms with van der Waals surface area (Å²) in [6.45, 7) is 6.80. The van der Waals surface area contributed by atoms with Gasteiger partial charge in [-0.25, -0.2) is 0 Å². The van der Waals surface area contributed by atoms with Crippen LogP contribution in [-0.4, -0.2) is 0 Å². The molecule has 0 amide bonds. The SMILES string of the molecule is CCCCCCCCCCCCCCCc1ccc(CC)c(C)c1. The van der Waals surface area contributed by atoms with Gasteiger partial charge in [-0.3, -0.25) is 0 Å². The van der Waals surface area contributed by atoms with E-state index in [4.69, 9.17) is 0 Å². The van der Waals surface area contributed by atoms with Gasteiger partial charge in [-0.15, -0.1) is 0 Å². The van der Waals surface area contributed by atoms with E-state index < -0.39 is 0 Å². The molecule has 0 aliphatic carbocycles. The smallest absolute Gasteiger partial charge is 0.0279 e. The second-order valence-electron chi connectivity index (χ2n) is 7.61. The molecule has 0 aromatic heterocycles. The van der Waals surface area contributed by atoms with Gasteiger partial charge in [0.15, 0.2) is 0 Å². The van der Waals surface area contributed by atoms with Gasteiger partial charge < -0.3 is 0 Å². The molecule has 0 atom stereocenters. The Morgan fingerprint density at radius 3 is 1.58 bits per heavy atom. The molecule has 0 saturated heterocycles. The van der Waals surface area contributed by atoms with E-state index in [1.54, 1.807) is 0 Å². The second kappa shape index (κ2) is 14.6. The minimum absolute atomic E-state index is 1.16. The molecule has 24 heavy (non-hydrogen) atoms. The van der Waals surface area contributed by atoms with Gasteiger partial charge in [-0.1, -0.05) is 109 Å². The highest BCUT2D eigenvalue weighted by Crippen LogP contribution is 2.16. The van der Waals surface area contributed by atoms with Crippen LogP contribution < -0.4 is 0 Å². The van der Waals surface area contributed by atoms with Crippen LogP contribution in [-0.2, 0) is 12.8 Å². The molecule has 0 nitrogen and oxygen atoms in total. The Kier molecular flexibility index (Phi) is 12.9. The Morgan fingerprint density at radius 2 is 1.12 bits per heavy atom. The zero-order valence-corrected chi connectivity index (χ0v) is 16.8. The number of aryl methyl sites for hydroxylation is 3. The molecule has 138 valence electrons. The maximum Gasteiger partial charge on any atom is -0.0279 e. The van der Waals surface area contributed by atoms with Crippen molar-refractivity contribution in [2.24, 2.45) is 0 Å². The highest BCUT2D eigenvalue weighted by molar-refractivity contribution is 5.31. The van der Waals surface area contributed by atoms with Crippen molar-refractivity contribution in [1.29, 1.82) is 0 Å². The van der Waals surface area contributed by atoms with Crippen molar-refractivity contribution in [3.8, 4) is 0 Å². The molecule has 0 aliphatic heterocycles. The first-order valence-electron chi connectivity index (χ1n) is 10.9. The van der Waals surface area contributed by atoms with Gasteiger partial charge in [-0.2, -0.15) is 0 Å². The van der Waals surface area contributed by atoms with E-state index in [9.17, 15) is 0 Å². The summed E-state index contributed by atoms with van der Waals surface area (Å²) in [5.41, 5.74) is 4.52. The van der Waals surface area contributed by atoms with Gasteiger partial charge in [0.2, 0.25) is 0 Å². The van der Waals surface area contributed by atoms with Crippen LogP contribution in [0.4, 0.5) is 0 Å². The number of hydrogen-bond donors (Lipinski definition) is 0. The number of rotatable bonds is 15. The van der Waals surface area contributed by atoms with Crippen molar-refractivity contribution >= 4 is 0 Å². The molecule has 0 unspecified atom stereocenters. The van der Waals surface area contributed by atoms with Crippen molar-refractivity contribution in [3.05, 3.63) is 34.9 Å². The summed E-state index contributed by atoms with van der Waals surface area (Å²) in [6, 6.07) is 7.07. The first kappa shape index (κ1) is 21.3. The van der Waals surface area contributed by atoms with Gasteiger partial charge in [0, 0.05) is 0 Å². The molecule has 0 fully saturated rings. The van der Waals surface area contributed by atoms with Crippen LogP contribution in [0, 0.1) is 6.92 Å². The standard InChI is InChI=1S/C24H42/c1-4-6-7-8-9-10-11-12-13-14-15-16-17-18-23-19-20-24(5-2)22(3)21-23/h19-21H,4-18H2,1-3H3.